The highest BCUT2D eigenvalue weighted by Crippen LogP contribution is 2.18. The summed E-state index contributed by atoms with van der Waals surface area (Å²) in [5, 5.41) is 0. The Bertz CT molecular complexity index is 695. The van der Waals surface area contributed by atoms with Crippen LogP contribution in [0.4, 0.5) is 14.5 Å². The average molecular weight is 298 g/mol. The van der Waals surface area contributed by atoms with Crippen LogP contribution in [-0.4, -0.2) is 8.42 Å². The second kappa shape index (κ2) is 5.56. The lowest BCUT2D eigenvalue weighted by molar-refractivity contribution is 0.584. The third-order valence-corrected chi connectivity index (χ3v) is 3.98. The van der Waals surface area contributed by atoms with E-state index in [1.165, 1.54) is 12.1 Å². The maximum Gasteiger partial charge on any atom is 0.261 e. The number of benzene rings is 2. The molecule has 2 aromatic carbocycles. The lowest BCUT2D eigenvalue weighted by atomic mass is 10.2. The van der Waals surface area contributed by atoms with Crippen molar-refractivity contribution in [2.45, 2.75) is 11.4 Å². The SMILES string of the molecule is NCc1ccc(S(=O)(=O)Nc2cc(F)cc(F)c2)cc1. The molecule has 7 heteroatoms. The van der Waals surface area contributed by atoms with Gasteiger partial charge in [0.2, 0.25) is 0 Å². The monoisotopic (exact) mass is 298 g/mol. The molecule has 0 heterocycles. The van der Waals surface area contributed by atoms with Crippen molar-refractivity contribution in [3.05, 3.63) is 59.7 Å². The second-order valence-electron chi connectivity index (χ2n) is 4.11. The van der Waals surface area contributed by atoms with Crippen LogP contribution >= 0.6 is 0 Å². The summed E-state index contributed by atoms with van der Waals surface area (Å²) in [4.78, 5) is -0.0145. The molecular weight excluding hydrogens is 286 g/mol. The highest BCUT2D eigenvalue weighted by atomic mass is 32.2. The summed E-state index contributed by atoms with van der Waals surface area (Å²) in [5.41, 5.74) is 6.02. The van der Waals surface area contributed by atoms with Gasteiger partial charge >= 0.3 is 0 Å². The Kier molecular flexibility index (Phi) is 4.01. The smallest absolute Gasteiger partial charge is 0.261 e. The first-order valence-electron chi connectivity index (χ1n) is 5.68. The highest BCUT2D eigenvalue weighted by molar-refractivity contribution is 7.92. The lowest BCUT2D eigenvalue weighted by Crippen LogP contribution is -2.13. The largest absolute Gasteiger partial charge is 0.326 e. The summed E-state index contributed by atoms with van der Waals surface area (Å²) in [7, 11) is -3.90. The minimum atomic E-state index is -3.90. The summed E-state index contributed by atoms with van der Waals surface area (Å²) < 4.78 is 52.2. The van der Waals surface area contributed by atoms with Gasteiger partial charge in [-0.3, -0.25) is 4.72 Å². The van der Waals surface area contributed by atoms with Crippen molar-refractivity contribution in [1.82, 2.24) is 0 Å². The average Bonchev–Trinajstić information content (AvgIpc) is 2.37. The maximum absolute atomic E-state index is 13.0. The molecule has 0 spiro atoms. The molecule has 0 aliphatic heterocycles. The first-order valence-corrected chi connectivity index (χ1v) is 7.17. The van der Waals surface area contributed by atoms with Crippen LogP contribution in [0.1, 0.15) is 5.56 Å². The summed E-state index contributed by atoms with van der Waals surface area (Å²) in [6.45, 7) is 0.295. The van der Waals surface area contributed by atoms with Gasteiger partial charge in [0.05, 0.1) is 10.6 Å². The van der Waals surface area contributed by atoms with Crippen LogP contribution in [-0.2, 0) is 16.6 Å². The predicted octanol–water partition coefficient (Wildman–Crippen LogP) is 2.22. The quantitative estimate of drug-likeness (QED) is 0.909. The maximum atomic E-state index is 13.0. The molecule has 0 bridgehead atoms. The van der Waals surface area contributed by atoms with Crippen LogP contribution in [0.2, 0.25) is 0 Å². The zero-order valence-electron chi connectivity index (χ0n) is 10.3. The van der Waals surface area contributed by atoms with E-state index in [0.717, 1.165) is 17.7 Å². The first-order chi connectivity index (χ1) is 9.40. The van der Waals surface area contributed by atoms with Gasteiger partial charge in [0, 0.05) is 12.6 Å². The number of anilines is 1. The third kappa shape index (κ3) is 3.31. The molecule has 0 saturated heterocycles. The summed E-state index contributed by atoms with van der Waals surface area (Å²) in [5.74, 6) is -1.72. The molecule has 20 heavy (non-hydrogen) atoms. The molecule has 0 fully saturated rings. The molecule has 0 saturated carbocycles. The third-order valence-electron chi connectivity index (χ3n) is 2.58. The van der Waals surface area contributed by atoms with Crippen molar-refractivity contribution < 1.29 is 17.2 Å². The van der Waals surface area contributed by atoms with Gasteiger partial charge in [-0.25, -0.2) is 17.2 Å². The van der Waals surface area contributed by atoms with Crippen molar-refractivity contribution in [1.29, 1.82) is 0 Å². The Morgan fingerprint density at radius 1 is 1.00 bits per heavy atom. The number of nitrogens with two attached hydrogens (primary N) is 1. The van der Waals surface area contributed by atoms with Crippen molar-refractivity contribution in [2.75, 3.05) is 4.72 Å². The molecule has 0 radical (unpaired) electrons. The van der Waals surface area contributed by atoms with Gasteiger partial charge in [0.25, 0.3) is 10.0 Å². The van der Waals surface area contributed by atoms with Crippen molar-refractivity contribution in [3.8, 4) is 0 Å². The van der Waals surface area contributed by atoms with Gasteiger partial charge in [-0.2, -0.15) is 0 Å². The van der Waals surface area contributed by atoms with Gasteiger partial charge in [-0.05, 0) is 29.8 Å². The van der Waals surface area contributed by atoms with E-state index in [9.17, 15) is 17.2 Å². The molecule has 0 atom stereocenters. The van der Waals surface area contributed by atoms with Crippen LogP contribution in [0.5, 0.6) is 0 Å². The van der Waals surface area contributed by atoms with Crippen LogP contribution < -0.4 is 10.5 Å². The van der Waals surface area contributed by atoms with Crippen molar-refractivity contribution in [3.63, 3.8) is 0 Å². The minimum Gasteiger partial charge on any atom is -0.326 e. The van der Waals surface area contributed by atoms with Gasteiger partial charge in [-0.15, -0.1) is 0 Å². The Balaban J connectivity index is 2.30. The summed E-state index contributed by atoms with van der Waals surface area (Å²) in [6.07, 6.45) is 0. The van der Waals surface area contributed by atoms with Crippen LogP contribution in [0, 0.1) is 11.6 Å². The Morgan fingerprint density at radius 2 is 1.55 bits per heavy atom. The fourth-order valence-corrected chi connectivity index (χ4v) is 2.67. The standard InChI is InChI=1S/C13H12F2N2O2S/c14-10-5-11(15)7-12(6-10)17-20(18,19)13-3-1-9(8-16)2-4-13/h1-7,17H,8,16H2. The molecular formula is C13H12F2N2O2S. The number of sulfonamides is 1. The molecule has 0 aliphatic rings. The number of hydrogen-bond acceptors (Lipinski definition) is 3. The van der Waals surface area contributed by atoms with E-state index in [-0.39, 0.29) is 10.6 Å². The molecule has 0 aliphatic carbocycles. The van der Waals surface area contributed by atoms with Gasteiger partial charge in [-0.1, -0.05) is 12.1 Å². The van der Waals surface area contributed by atoms with Crippen molar-refractivity contribution >= 4 is 15.7 Å². The highest BCUT2D eigenvalue weighted by Gasteiger charge is 2.14. The van der Waals surface area contributed by atoms with E-state index >= 15 is 0 Å². The van der Waals surface area contributed by atoms with E-state index < -0.39 is 21.7 Å². The molecule has 0 aromatic heterocycles. The van der Waals surface area contributed by atoms with Crippen LogP contribution in [0.3, 0.4) is 0 Å². The fourth-order valence-electron chi connectivity index (χ4n) is 1.63. The van der Waals surface area contributed by atoms with Crippen molar-refractivity contribution in [2.24, 2.45) is 5.73 Å². The number of nitrogens with one attached hydrogen (secondary N) is 1. The van der Waals surface area contributed by atoms with Gasteiger partial charge < -0.3 is 5.73 Å². The zero-order chi connectivity index (χ0) is 14.8. The lowest BCUT2D eigenvalue weighted by Gasteiger charge is -2.09. The minimum absolute atomic E-state index is 0.0145. The number of hydrogen-bond donors (Lipinski definition) is 2. The van der Waals surface area contributed by atoms with Crippen LogP contribution in [0.25, 0.3) is 0 Å². The molecule has 2 rings (SSSR count). The van der Waals surface area contributed by atoms with E-state index in [1.54, 1.807) is 12.1 Å². The number of halogens is 2. The normalized spacial score (nSPS) is 11.3. The Morgan fingerprint density at radius 3 is 2.05 bits per heavy atom. The predicted molar refractivity (Wildman–Crippen MR) is 71.5 cm³/mol. The van der Waals surface area contributed by atoms with E-state index in [1.807, 2.05) is 0 Å². The Hall–Kier alpha value is -1.99. The Labute approximate surface area is 115 Å². The van der Waals surface area contributed by atoms with Gasteiger partial charge in [0.15, 0.2) is 0 Å². The molecule has 106 valence electrons. The first kappa shape index (κ1) is 14.4. The summed E-state index contributed by atoms with van der Waals surface area (Å²) in [6, 6.07) is 8.35. The fraction of sp³-hybridized carbons (Fsp3) is 0.0769. The number of rotatable bonds is 4. The topological polar surface area (TPSA) is 72.2 Å². The summed E-state index contributed by atoms with van der Waals surface area (Å²) >= 11 is 0. The molecule has 0 unspecified atom stereocenters. The molecule has 4 nitrogen and oxygen atoms in total. The van der Waals surface area contributed by atoms with Crippen LogP contribution in [0.15, 0.2) is 47.4 Å². The molecule has 3 N–H and O–H groups in total. The van der Waals surface area contributed by atoms with Gasteiger partial charge in [0.1, 0.15) is 11.6 Å². The zero-order valence-corrected chi connectivity index (χ0v) is 11.1. The molecule has 2 aromatic rings. The molecule has 0 amide bonds. The second-order valence-corrected chi connectivity index (χ2v) is 5.79. The van der Waals surface area contributed by atoms with E-state index in [4.69, 9.17) is 5.73 Å². The van der Waals surface area contributed by atoms with E-state index in [0.29, 0.717) is 12.6 Å². The van der Waals surface area contributed by atoms with E-state index in [2.05, 4.69) is 4.72 Å².